The van der Waals surface area contributed by atoms with E-state index in [4.69, 9.17) is 9.84 Å². The summed E-state index contributed by atoms with van der Waals surface area (Å²) in [7, 11) is 0. The van der Waals surface area contributed by atoms with Gasteiger partial charge in [0.1, 0.15) is 11.9 Å². The average molecular weight is 225 g/mol. The van der Waals surface area contributed by atoms with Crippen LogP contribution in [0.1, 0.15) is 12.8 Å². The van der Waals surface area contributed by atoms with Gasteiger partial charge < -0.3 is 25.4 Å². The molecule has 0 bridgehead atoms. The number of rotatable bonds is 2. The van der Waals surface area contributed by atoms with Crippen molar-refractivity contribution in [2.75, 3.05) is 13.1 Å². The van der Waals surface area contributed by atoms with Crippen LogP contribution in [0.15, 0.2) is 12.1 Å². The number of nitrogens with one attached hydrogen (secondary N) is 1. The minimum Gasteiger partial charge on any atom is -0.508 e. The van der Waals surface area contributed by atoms with Crippen molar-refractivity contribution in [2.24, 2.45) is 0 Å². The summed E-state index contributed by atoms with van der Waals surface area (Å²) < 4.78 is 5.52. The lowest BCUT2D eigenvalue weighted by Crippen LogP contribution is -2.34. The maximum absolute atomic E-state index is 9.54. The van der Waals surface area contributed by atoms with Gasteiger partial charge in [0.25, 0.3) is 0 Å². The van der Waals surface area contributed by atoms with Gasteiger partial charge in [0.15, 0.2) is 11.5 Å². The largest absolute Gasteiger partial charge is 0.508 e. The van der Waals surface area contributed by atoms with Gasteiger partial charge >= 0.3 is 0 Å². The van der Waals surface area contributed by atoms with Gasteiger partial charge in [-0.2, -0.15) is 0 Å². The molecule has 16 heavy (non-hydrogen) atoms. The summed E-state index contributed by atoms with van der Waals surface area (Å²) >= 11 is 0. The monoisotopic (exact) mass is 225 g/mol. The Morgan fingerprint density at radius 1 is 1.06 bits per heavy atom. The number of ether oxygens (including phenoxy) is 1. The highest BCUT2D eigenvalue weighted by molar-refractivity contribution is 5.54. The van der Waals surface area contributed by atoms with E-state index in [-0.39, 0.29) is 29.1 Å². The second-order valence-electron chi connectivity index (χ2n) is 3.88. The Morgan fingerprint density at radius 2 is 1.62 bits per heavy atom. The molecule has 0 saturated carbocycles. The number of phenols is 3. The molecule has 0 aromatic heterocycles. The summed E-state index contributed by atoms with van der Waals surface area (Å²) in [6, 6.07) is 2.30. The fourth-order valence-electron chi connectivity index (χ4n) is 1.78. The van der Waals surface area contributed by atoms with Crippen molar-refractivity contribution in [3.63, 3.8) is 0 Å². The van der Waals surface area contributed by atoms with Crippen molar-refractivity contribution in [3.05, 3.63) is 12.1 Å². The third kappa shape index (κ3) is 2.30. The Morgan fingerprint density at radius 3 is 2.19 bits per heavy atom. The maximum Gasteiger partial charge on any atom is 0.203 e. The summed E-state index contributed by atoms with van der Waals surface area (Å²) in [5.74, 6) is -0.621. The van der Waals surface area contributed by atoms with Gasteiger partial charge in [-0.1, -0.05) is 0 Å². The molecule has 0 spiro atoms. The molecule has 2 rings (SSSR count). The molecule has 0 unspecified atom stereocenters. The molecule has 5 nitrogen and oxygen atoms in total. The third-order valence-electron chi connectivity index (χ3n) is 2.61. The Kier molecular flexibility index (Phi) is 3.05. The first kappa shape index (κ1) is 10.9. The molecule has 1 aromatic rings. The molecule has 4 N–H and O–H groups in total. The van der Waals surface area contributed by atoms with Crippen LogP contribution in [-0.2, 0) is 0 Å². The van der Waals surface area contributed by atoms with Crippen LogP contribution in [0.4, 0.5) is 0 Å². The molecule has 0 amide bonds. The van der Waals surface area contributed by atoms with Gasteiger partial charge in [0.05, 0.1) is 0 Å². The van der Waals surface area contributed by atoms with E-state index in [0.717, 1.165) is 38.1 Å². The van der Waals surface area contributed by atoms with E-state index in [2.05, 4.69) is 5.32 Å². The smallest absolute Gasteiger partial charge is 0.203 e. The average Bonchev–Trinajstić information content (AvgIpc) is 2.25. The van der Waals surface area contributed by atoms with E-state index >= 15 is 0 Å². The van der Waals surface area contributed by atoms with Crippen molar-refractivity contribution in [2.45, 2.75) is 18.9 Å². The van der Waals surface area contributed by atoms with E-state index in [1.165, 1.54) is 0 Å². The molecule has 1 heterocycles. The topological polar surface area (TPSA) is 82.0 Å². The molecular weight excluding hydrogens is 210 g/mol. The van der Waals surface area contributed by atoms with Crippen LogP contribution in [-0.4, -0.2) is 34.5 Å². The van der Waals surface area contributed by atoms with Gasteiger partial charge in [-0.25, -0.2) is 0 Å². The number of hydrogen-bond donors (Lipinski definition) is 4. The highest BCUT2D eigenvalue weighted by atomic mass is 16.5. The van der Waals surface area contributed by atoms with Crippen molar-refractivity contribution in [1.29, 1.82) is 0 Å². The molecule has 1 aromatic carbocycles. The number of benzene rings is 1. The lowest BCUT2D eigenvalue weighted by atomic mass is 10.1. The van der Waals surface area contributed by atoms with E-state index in [1.54, 1.807) is 0 Å². The van der Waals surface area contributed by atoms with Crippen LogP contribution in [0, 0.1) is 0 Å². The van der Waals surface area contributed by atoms with E-state index in [9.17, 15) is 10.2 Å². The highest BCUT2D eigenvalue weighted by Crippen LogP contribution is 2.40. The van der Waals surface area contributed by atoms with Gasteiger partial charge in [-0.05, 0) is 25.9 Å². The normalized spacial score (nSPS) is 17.2. The molecule has 5 heteroatoms. The van der Waals surface area contributed by atoms with Crippen LogP contribution >= 0.6 is 0 Å². The zero-order valence-corrected chi connectivity index (χ0v) is 8.81. The SMILES string of the molecule is Oc1cc(O)c(OC2CCNCC2)c(O)c1. The molecule has 1 aliphatic heterocycles. The first-order valence-electron chi connectivity index (χ1n) is 5.29. The summed E-state index contributed by atoms with van der Waals surface area (Å²) in [6.45, 7) is 1.73. The Labute approximate surface area is 93.3 Å². The molecule has 0 atom stereocenters. The minimum atomic E-state index is -0.240. The number of piperidine rings is 1. The van der Waals surface area contributed by atoms with Gasteiger partial charge in [0.2, 0.25) is 5.75 Å². The number of aromatic hydroxyl groups is 3. The first-order valence-corrected chi connectivity index (χ1v) is 5.29. The summed E-state index contributed by atoms with van der Waals surface area (Å²) in [5.41, 5.74) is 0. The van der Waals surface area contributed by atoms with Crippen LogP contribution in [0.2, 0.25) is 0 Å². The zero-order chi connectivity index (χ0) is 11.5. The quantitative estimate of drug-likeness (QED) is 0.602. The lowest BCUT2D eigenvalue weighted by molar-refractivity contribution is 0.151. The molecule has 0 radical (unpaired) electrons. The van der Waals surface area contributed by atoms with Gasteiger partial charge in [0, 0.05) is 12.1 Å². The molecule has 1 aliphatic rings. The Bertz CT molecular complexity index is 351. The van der Waals surface area contributed by atoms with Crippen LogP contribution < -0.4 is 10.1 Å². The standard InChI is InChI=1S/C11H15NO4/c13-7-5-9(14)11(10(15)6-7)16-8-1-3-12-4-2-8/h5-6,8,12-15H,1-4H2. The molecular formula is C11H15NO4. The zero-order valence-electron chi connectivity index (χ0n) is 8.81. The fourth-order valence-corrected chi connectivity index (χ4v) is 1.78. The van der Waals surface area contributed by atoms with Crippen molar-refractivity contribution < 1.29 is 20.1 Å². The third-order valence-corrected chi connectivity index (χ3v) is 2.61. The summed E-state index contributed by atoms with van der Waals surface area (Å²) in [4.78, 5) is 0. The predicted octanol–water partition coefficient (Wildman–Crippen LogP) is 0.934. The number of phenolic OH excluding ortho intramolecular Hbond substituents is 3. The van der Waals surface area contributed by atoms with Crippen LogP contribution in [0.5, 0.6) is 23.0 Å². The van der Waals surface area contributed by atoms with E-state index in [0.29, 0.717) is 0 Å². The molecule has 1 saturated heterocycles. The second kappa shape index (κ2) is 4.49. The van der Waals surface area contributed by atoms with Crippen molar-refractivity contribution in [3.8, 4) is 23.0 Å². The molecule has 88 valence electrons. The minimum absolute atomic E-state index is 0.0115. The van der Waals surface area contributed by atoms with Crippen molar-refractivity contribution in [1.82, 2.24) is 5.32 Å². The van der Waals surface area contributed by atoms with Gasteiger partial charge in [-0.3, -0.25) is 0 Å². The van der Waals surface area contributed by atoms with Crippen molar-refractivity contribution >= 4 is 0 Å². The van der Waals surface area contributed by atoms with Crippen LogP contribution in [0.25, 0.3) is 0 Å². The second-order valence-corrected chi connectivity index (χ2v) is 3.88. The Hall–Kier alpha value is -1.62. The summed E-state index contributed by atoms with van der Waals surface area (Å²) in [6.07, 6.45) is 1.65. The number of hydrogen-bond acceptors (Lipinski definition) is 5. The molecule has 0 aliphatic carbocycles. The van der Waals surface area contributed by atoms with Crippen LogP contribution in [0.3, 0.4) is 0 Å². The van der Waals surface area contributed by atoms with E-state index in [1.807, 2.05) is 0 Å². The van der Waals surface area contributed by atoms with Gasteiger partial charge in [-0.15, -0.1) is 0 Å². The lowest BCUT2D eigenvalue weighted by Gasteiger charge is -2.24. The maximum atomic E-state index is 9.54. The fraction of sp³-hybridized carbons (Fsp3) is 0.455. The highest BCUT2D eigenvalue weighted by Gasteiger charge is 2.19. The predicted molar refractivity (Wildman–Crippen MR) is 58.0 cm³/mol. The van der Waals surface area contributed by atoms with E-state index < -0.39 is 0 Å². The first-order chi connectivity index (χ1) is 7.66. The summed E-state index contributed by atoms with van der Waals surface area (Å²) in [5, 5.41) is 31.4. The Balaban J connectivity index is 2.14. The molecule has 1 fully saturated rings.